The van der Waals surface area contributed by atoms with Crippen molar-refractivity contribution in [1.82, 2.24) is 0 Å². The predicted octanol–water partition coefficient (Wildman–Crippen LogP) is 7.64. The molecule has 0 heterocycles. The molecule has 0 aliphatic heterocycles. The minimum atomic E-state index is 0.549. The van der Waals surface area contributed by atoms with Crippen molar-refractivity contribution in [1.29, 1.82) is 0 Å². The van der Waals surface area contributed by atoms with Crippen molar-refractivity contribution < 1.29 is 0 Å². The first-order valence-corrected chi connectivity index (χ1v) is 9.27. The van der Waals surface area contributed by atoms with Gasteiger partial charge < -0.3 is 0 Å². The van der Waals surface area contributed by atoms with Crippen LogP contribution in [0.1, 0.15) is 107 Å². The normalized spacial score (nSPS) is 12.4. The molecule has 0 aliphatic rings. The summed E-state index contributed by atoms with van der Waals surface area (Å²) in [6.45, 7) is 21.1. The third-order valence-corrected chi connectivity index (χ3v) is 5.11. The van der Waals surface area contributed by atoms with Crippen molar-refractivity contribution in [3.63, 3.8) is 0 Å². The van der Waals surface area contributed by atoms with Crippen LogP contribution < -0.4 is 0 Å². The van der Waals surface area contributed by atoms with Gasteiger partial charge >= 0.3 is 0 Å². The van der Waals surface area contributed by atoms with Crippen LogP contribution in [0.25, 0.3) is 10.8 Å². The van der Waals surface area contributed by atoms with Crippen LogP contribution in [-0.4, -0.2) is 0 Å². The minimum Gasteiger partial charge on any atom is -0.0613 e. The first-order valence-electron chi connectivity index (χ1n) is 9.27. The molecule has 0 saturated heterocycles. The third-order valence-electron chi connectivity index (χ3n) is 5.11. The maximum Gasteiger partial charge on any atom is -0.0109 e. The quantitative estimate of drug-likeness (QED) is 0.544. The molecule has 0 aromatic heterocycles. The summed E-state index contributed by atoms with van der Waals surface area (Å²) in [5, 5.41) is 3.00. The van der Waals surface area contributed by atoms with Gasteiger partial charge in [-0.15, -0.1) is 0 Å². The Labute approximate surface area is 143 Å². The molecule has 0 nitrogen and oxygen atoms in total. The zero-order valence-corrected chi connectivity index (χ0v) is 16.5. The standard InChI is InChI=1S/C23H34/c1-13(2)18-11-10-12-19-17(9)20(14(3)4)21(15(5)6)22(16(7)8)23(18)19/h10-16H,1-9H3. The molecule has 0 radical (unpaired) electrons. The van der Waals surface area contributed by atoms with Crippen LogP contribution in [0.3, 0.4) is 0 Å². The van der Waals surface area contributed by atoms with Gasteiger partial charge in [0, 0.05) is 0 Å². The Bertz CT molecular complexity index is 700. The van der Waals surface area contributed by atoms with E-state index in [1.54, 1.807) is 16.7 Å². The second-order valence-corrected chi connectivity index (χ2v) is 8.25. The van der Waals surface area contributed by atoms with Gasteiger partial charge in [0.05, 0.1) is 0 Å². The molecule has 2 aromatic rings. The van der Waals surface area contributed by atoms with E-state index in [0.717, 1.165) is 0 Å². The lowest BCUT2D eigenvalue weighted by atomic mass is 9.76. The van der Waals surface area contributed by atoms with E-state index in [0.29, 0.717) is 23.7 Å². The summed E-state index contributed by atoms with van der Waals surface area (Å²) in [6.07, 6.45) is 0. The van der Waals surface area contributed by atoms with Gasteiger partial charge in [0.15, 0.2) is 0 Å². The van der Waals surface area contributed by atoms with E-state index in [1.807, 2.05) is 0 Å². The van der Waals surface area contributed by atoms with Crippen molar-refractivity contribution in [3.05, 3.63) is 46.0 Å². The molecule has 0 spiro atoms. The summed E-state index contributed by atoms with van der Waals surface area (Å²) in [4.78, 5) is 0. The second kappa shape index (κ2) is 6.67. The summed E-state index contributed by atoms with van der Waals surface area (Å²) in [5.41, 5.74) is 7.77. The van der Waals surface area contributed by atoms with Crippen molar-refractivity contribution in [3.8, 4) is 0 Å². The molecule has 0 heteroatoms. The second-order valence-electron chi connectivity index (χ2n) is 8.25. The van der Waals surface area contributed by atoms with Gasteiger partial charge in [-0.05, 0) is 69.2 Å². The summed E-state index contributed by atoms with van der Waals surface area (Å²) in [7, 11) is 0. The van der Waals surface area contributed by atoms with E-state index in [4.69, 9.17) is 0 Å². The Hall–Kier alpha value is -1.30. The van der Waals surface area contributed by atoms with Gasteiger partial charge in [0.2, 0.25) is 0 Å². The average molecular weight is 311 g/mol. The maximum atomic E-state index is 2.36. The Kier molecular flexibility index (Phi) is 5.23. The van der Waals surface area contributed by atoms with E-state index < -0.39 is 0 Å². The molecule has 2 rings (SSSR count). The Morgan fingerprint density at radius 1 is 0.609 bits per heavy atom. The van der Waals surface area contributed by atoms with Crippen LogP contribution in [0.15, 0.2) is 18.2 Å². The van der Waals surface area contributed by atoms with Crippen molar-refractivity contribution in [2.24, 2.45) is 0 Å². The van der Waals surface area contributed by atoms with E-state index >= 15 is 0 Å². The first kappa shape index (κ1) is 18.0. The fourth-order valence-electron chi connectivity index (χ4n) is 4.26. The SMILES string of the molecule is Cc1c(C(C)C)c(C(C)C)c(C(C)C)c2c(C(C)C)cccc12. The van der Waals surface area contributed by atoms with Crippen LogP contribution in [0.5, 0.6) is 0 Å². The molecule has 0 aliphatic carbocycles. The van der Waals surface area contributed by atoms with Crippen LogP contribution >= 0.6 is 0 Å². The molecule has 0 N–H and O–H groups in total. The summed E-state index contributed by atoms with van der Waals surface area (Å²) in [5.74, 6) is 2.23. The van der Waals surface area contributed by atoms with Gasteiger partial charge in [-0.25, -0.2) is 0 Å². The highest BCUT2D eigenvalue weighted by molar-refractivity contribution is 5.94. The molecule has 0 bridgehead atoms. The smallest absolute Gasteiger partial charge is 0.0109 e. The molecule has 0 fully saturated rings. The zero-order chi connectivity index (χ0) is 17.5. The first-order chi connectivity index (χ1) is 10.7. The van der Waals surface area contributed by atoms with Crippen molar-refractivity contribution in [2.45, 2.75) is 86.0 Å². The molecule has 2 aromatic carbocycles. The van der Waals surface area contributed by atoms with Crippen LogP contribution in [-0.2, 0) is 0 Å². The van der Waals surface area contributed by atoms with Gasteiger partial charge in [0.1, 0.15) is 0 Å². The monoisotopic (exact) mass is 310 g/mol. The van der Waals surface area contributed by atoms with Crippen LogP contribution in [0.4, 0.5) is 0 Å². The van der Waals surface area contributed by atoms with Gasteiger partial charge in [0.25, 0.3) is 0 Å². The fraction of sp³-hybridized carbons (Fsp3) is 0.565. The fourth-order valence-corrected chi connectivity index (χ4v) is 4.26. The summed E-state index contributed by atoms with van der Waals surface area (Å²) < 4.78 is 0. The molecule has 0 saturated carbocycles. The van der Waals surface area contributed by atoms with Crippen LogP contribution in [0, 0.1) is 6.92 Å². The number of hydrogen-bond donors (Lipinski definition) is 0. The molecular formula is C23H34. The summed E-state index contributed by atoms with van der Waals surface area (Å²) >= 11 is 0. The third kappa shape index (κ3) is 3.05. The largest absolute Gasteiger partial charge is 0.0613 e. The number of rotatable bonds is 4. The molecule has 23 heavy (non-hydrogen) atoms. The number of aryl methyl sites for hydroxylation is 1. The van der Waals surface area contributed by atoms with Crippen molar-refractivity contribution in [2.75, 3.05) is 0 Å². The maximum absolute atomic E-state index is 2.36. The predicted molar refractivity (Wildman–Crippen MR) is 105 cm³/mol. The molecule has 126 valence electrons. The Balaban J connectivity index is 3.13. The lowest BCUT2D eigenvalue weighted by Crippen LogP contribution is -2.10. The average Bonchev–Trinajstić information content (AvgIpc) is 2.45. The lowest BCUT2D eigenvalue weighted by molar-refractivity contribution is 0.748. The highest BCUT2D eigenvalue weighted by Gasteiger charge is 2.24. The topological polar surface area (TPSA) is 0 Å². The van der Waals surface area contributed by atoms with Crippen molar-refractivity contribution >= 4 is 10.8 Å². The number of hydrogen-bond acceptors (Lipinski definition) is 0. The van der Waals surface area contributed by atoms with E-state index in [2.05, 4.69) is 80.5 Å². The van der Waals surface area contributed by atoms with E-state index in [1.165, 1.54) is 21.9 Å². The molecular weight excluding hydrogens is 276 g/mol. The Morgan fingerprint density at radius 3 is 1.57 bits per heavy atom. The van der Waals surface area contributed by atoms with E-state index in [9.17, 15) is 0 Å². The molecule has 0 unspecified atom stereocenters. The summed E-state index contributed by atoms with van der Waals surface area (Å²) in [6, 6.07) is 6.91. The van der Waals surface area contributed by atoms with E-state index in [-0.39, 0.29) is 0 Å². The Morgan fingerprint density at radius 2 is 1.13 bits per heavy atom. The lowest BCUT2D eigenvalue weighted by Gasteiger charge is -2.29. The van der Waals surface area contributed by atoms with Crippen LogP contribution in [0.2, 0.25) is 0 Å². The number of benzene rings is 2. The highest BCUT2D eigenvalue weighted by atomic mass is 14.3. The van der Waals surface area contributed by atoms with Gasteiger partial charge in [-0.3, -0.25) is 0 Å². The van der Waals surface area contributed by atoms with Gasteiger partial charge in [-0.2, -0.15) is 0 Å². The van der Waals surface area contributed by atoms with Gasteiger partial charge in [-0.1, -0.05) is 73.6 Å². The number of fused-ring (bicyclic) bond motifs is 1. The molecule has 0 atom stereocenters. The molecule has 0 amide bonds. The highest BCUT2D eigenvalue weighted by Crippen LogP contribution is 2.43. The minimum absolute atomic E-state index is 0.549. The zero-order valence-electron chi connectivity index (χ0n) is 16.5.